The highest BCUT2D eigenvalue weighted by Crippen LogP contribution is 2.60. The zero-order chi connectivity index (χ0) is 25.3. The van der Waals surface area contributed by atoms with E-state index in [9.17, 15) is 9.90 Å². The largest absolute Gasteiger partial charge is 0.481 e. The van der Waals surface area contributed by atoms with Crippen LogP contribution in [0.1, 0.15) is 134 Å². The highest BCUT2D eigenvalue weighted by atomic mass is 16.4. The summed E-state index contributed by atoms with van der Waals surface area (Å²) in [6.07, 6.45) is 18.9. The predicted molar refractivity (Wildman–Crippen MR) is 146 cm³/mol. The lowest BCUT2D eigenvalue weighted by Crippen LogP contribution is -2.43. The van der Waals surface area contributed by atoms with Crippen molar-refractivity contribution in [2.24, 2.45) is 23.2 Å². The molecule has 2 fully saturated rings. The number of hydrogen-bond acceptors (Lipinski definition) is 2. The molecule has 3 nitrogen and oxygen atoms in total. The standard InChI is InChI=1S/C18H24O.C14H28O2/c1-18-11-10-14-13-5-3-2-4-12(13)6-7-15(14)16(18)8-9-17(18)19;1-3-5-6-7-8-9-10-12-13(11-4-2)14(15)16/h2-5,14-17,19H,6-11H2,1H3;13H,3-12H2,1-2H3,(H,15,16). The van der Waals surface area contributed by atoms with E-state index >= 15 is 0 Å². The van der Waals surface area contributed by atoms with E-state index < -0.39 is 5.97 Å². The second-order valence-corrected chi connectivity index (χ2v) is 12.0. The predicted octanol–water partition coefficient (Wildman–Crippen LogP) is 8.53. The second kappa shape index (κ2) is 13.8. The van der Waals surface area contributed by atoms with Crippen LogP contribution in [0.4, 0.5) is 0 Å². The van der Waals surface area contributed by atoms with Gasteiger partial charge in [0.2, 0.25) is 0 Å². The summed E-state index contributed by atoms with van der Waals surface area (Å²) in [5, 5.41) is 19.3. The molecule has 0 bridgehead atoms. The van der Waals surface area contributed by atoms with Crippen molar-refractivity contribution in [3.05, 3.63) is 35.4 Å². The molecule has 3 aliphatic carbocycles. The first kappa shape index (κ1) is 28.2. The maximum Gasteiger partial charge on any atom is 0.306 e. The third kappa shape index (κ3) is 7.12. The van der Waals surface area contributed by atoms with Crippen molar-refractivity contribution in [3.63, 3.8) is 0 Å². The summed E-state index contributed by atoms with van der Waals surface area (Å²) in [7, 11) is 0. The number of benzene rings is 1. The Morgan fingerprint density at radius 1 is 0.943 bits per heavy atom. The Balaban J connectivity index is 0.000000200. The van der Waals surface area contributed by atoms with Crippen molar-refractivity contribution in [2.75, 3.05) is 0 Å². The fraction of sp³-hybridized carbons (Fsp3) is 0.781. The number of fused-ring (bicyclic) bond motifs is 5. The smallest absolute Gasteiger partial charge is 0.306 e. The van der Waals surface area contributed by atoms with Crippen LogP contribution >= 0.6 is 0 Å². The topological polar surface area (TPSA) is 57.5 Å². The molecule has 6 unspecified atom stereocenters. The molecule has 0 heterocycles. The van der Waals surface area contributed by atoms with Crippen molar-refractivity contribution in [1.29, 1.82) is 0 Å². The summed E-state index contributed by atoms with van der Waals surface area (Å²) in [6, 6.07) is 9.08. The molecule has 0 saturated heterocycles. The molecule has 1 aromatic rings. The molecule has 0 aliphatic heterocycles. The lowest BCUT2D eigenvalue weighted by Gasteiger charge is -2.50. The van der Waals surface area contributed by atoms with Gasteiger partial charge in [-0.25, -0.2) is 0 Å². The van der Waals surface area contributed by atoms with Crippen LogP contribution in [0.25, 0.3) is 0 Å². The molecule has 3 heteroatoms. The summed E-state index contributed by atoms with van der Waals surface area (Å²) in [5.41, 5.74) is 3.43. The maximum absolute atomic E-state index is 10.9. The third-order valence-corrected chi connectivity index (χ3v) is 9.73. The first-order chi connectivity index (χ1) is 16.9. The molecule has 2 N–H and O–H groups in total. The molecular weight excluding hydrogens is 432 g/mol. The van der Waals surface area contributed by atoms with Gasteiger partial charge in [0.05, 0.1) is 12.0 Å². The number of aryl methyl sites for hydroxylation is 1. The van der Waals surface area contributed by atoms with Crippen molar-refractivity contribution >= 4 is 5.97 Å². The molecule has 4 rings (SSSR count). The van der Waals surface area contributed by atoms with Gasteiger partial charge in [0.1, 0.15) is 0 Å². The fourth-order valence-corrected chi connectivity index (χ4v) is 7.58. The van der Waals surface area contributed by atoms with Crippen LogP contribution in [0.2, 0.25) is 0 Å². The average molecular weight is 485 g/mol. The zero-order valence-electron chi connectivity index (χ0n) is 22.8. The minimum atomic E-state index is -0.604. The van der Waals surface area contributed by atoms with Crippen LogP contribution in [0.15, 0.2) is 24.3 Å². The third-order valence-electron chi connectivity index (χ3n) is 9.73. The molecule has 0 aromatic heterocycles. The van der Waals surface area contributed by atoms with E-state index in [2.05, 4.69) is 45.0 Å². The lowest BCUT2D eigenvalue weighted by molar-refractivity contribution is -0.142. The van der Waals surface area contributed by atoms with E-state index in [1.54, 1.807) is 11.1 Å². The van der Waals surface area contributed by atoms with Gasteiger partial charge in [-0.1, -0.05) is 96.4 Å². The van der Waals surface area contributed by atoms with Crippen molar-refractivity contribution in [1.82, 2.24) is 0 Å². The molecule has 3 aliphatic rings. The molecule has 0 amide bonds. The number of carboxylic acid groups (broad SMARTS) is 1. The normalized spacial score (nSPS) is 29.8. The van der Waals surface area contributed by atoms with E-state index in [0.717, 1.165) is 49.9 Å². The number of carboxylic acids is 1. The summed E-state index contributed by atoms with van der Waals surface area (Å²) in [5.74, 6) is 1.65. The van der Waals surface area contributed by atoms with E-state index in [-0.39, 0.29) is 17.4 Å². The van der Waals surface area contributed by atoms with Gasteiger partial charge in [-0.3, -0.25) is 4.79 Å². The molecular formula is C32H52O3. The monoisotopic (exact) mass is 484 g/mol. The SMILES string of the molecule is CC12CCC3c4ccccc4CCC3C1CCC2O.CCCCCCCCCC(CCC)C(=O)O. The minimum Gasteiger partial charge on any atom is -0.481 e. The minimum absolute atomic E-state index is 0.0457. The van der Waals surface area contributed by atoms with E-state index in [1.165, 1.54) is 70.6 Å². The fourth-order valence-electron chi connectivity index (χ4n) is 7.58. The Hall–Kier alpha value is -1.35. The van der Waals surface area contributed by atoms with Crippen LogP contribution < -0.4 is 0 Å². The Morgan fingerprint density at radius 2 is 1.66 bits per heavy atom. The first-order valence-corrected chi connectivity index (χ1v) is 14.9. The van der Waals surface area contributed by atoms with Gasteiger partial charge in [-0.05, 0) is 85.7 Å². The van der Waals surface area contributed by atoms with Gasteiger partial charge >= 0.3 is 5.97 Å². The quantitative estimate of drug-likeness (QED) is 0.309. The summed E-state index contributed by atoms with van der Waals surface area (Å²) >= 11 is 0. The first-order valence-electron chi connectivity index (χ1n) is 14.9. The highest BCUT2D eigenvalue weighted by molar-refractivity contribution is 5.69. The van der Waals surface area contributed by atoms with Gasteiger partial charge in [0.15, 0.2) is 0 Å². The van der Waals surface area contributed by atoms with E-state index in [4.69, 9.17) is 5.11 Å². The molecule has 1 aromatic carbocycles. The van der Waals surface area contributed by atoms with Crippen molar-refractivity contribution in [3.8, 4) is 0 Å². The molecule has 6 atom stereocenters. The Kier molecular flexibility index (Phi) is 11.1. The number of aliphatic hydroxyl groups excluding tert-OH is 1. The van der Waals surface area contributed by atoms with Gasteiger partial charge in [0.25, 0.3) is 0 Å². The molecule has 35 heavy (non-hydrogen) atoms. The summed E-state index contributed by atoms with van der Waals surface area (Å²) in [4.78, 5) is 10.9. The molecule has 198 valence electrons. The van der Waals surface area contributed by atoms with Crippen LogP contribution in [0.5, 0.6) is 0 Å². The number of aliphatic carboxylic acids is 1. The number of rotatable bonds is 11. The van der Waals surface area contributed by atoms with Crippen LogP contribution in [-0.2, 0) is 11.2 Å². The highest BCUT2D eigenvalue weighted by Gasteiger charge is 2.54. The zero-order valence-corrected chi connectivity index (χ0v) is 22.8. The molecule has 2 saturated carbocycles. The van der Waals surface area contributed by atoms with E-state index in [1.807, 2.05) is 0 Å². The molecule has 0 radical (unpaired) electrons. The van der Waals surface area contributed by atoms with Gasteiger partial charge in [-0.2, -0.15) is 0 Å². The van der Waals surface area contributed by atoms with Crippen molar-refractivity contribution < 1.29 is 15.0 Å². The Labute approximate surface area is 215 Å². The van der Waals surface area contributed by atoms with Crippen molar-refractivity contribution in [2.45, 2.75) is 136 Å². The van der Waals surface area contributed by atoms with Crippen LogP contribution in [0, 0.1) is 23.2 Å². The van der Waals surface area contributed by atoms with E-state index in [0.29, 0.717) is 0 Å². The van der Waals surface area contributed by atoms with Crippen LogP contribution in [-0.4, -0.2) is 22.3 Å². The lowest BCUT2D eigenvalue weighted by atomic mass is 9.55. The van der Waals surface area contributed by atoms with Gasteiger partial charge in [0, 0.05) is 0 Å². The number of unbranched alkanes of at least 4 members (excludes halogenated alkanes) is 6. The maximum atomic E-state index is 10.9. The Morgan fingerprint density at radius 3 is 2.37 bits per heavy atom. The number of hydrogen-bond donors (Lipinski definition) is 2. The second-order valence-electron chi connectivity index (χ2n) is 12.0. The van der Waals surface area contributed by atoms with Gasteiger partial charge in [-0.15, -0.1) is 0 Å². The summed E-state index contributed by atoms with van der Waals surface area (Å²) < 4.78 is 0. The Bertz CT molecular complexity index is 774. The number of aliphatic hydroxyl groups is 1. The number of carbonyl (C=O) groups is 1. The van der Waals surface area contributed by atoms with Crippen LogP contribution in [0.3, 0.4) is 0 Å². The summed E-state index contributed by atoms with van der Waals surface area (Å²) in [6.45, 7) is 6.63. The van der Waals surface area contributed by atoms with Gasteiger partial charge < -0.3 is 10.2 Å². The molecule has 0 spiro atoms. The average Bonchev–Trinajstić information content (AvgIpc) is 3.17.